The second-order valence-electron chi connectivity index (χ2n) is 6.70. The Kier molecular flexibility index (Phi) is 4.57. The molecule has 0 aliphatic heterocycles. The van der Waals surface area contributed by atoms with Gasteiger partial charge in [-0.05, 0) is 61.1 Å². The van der Waals surface area contributed by atoms with Gasteiger partial charge in [0.25, 0.3) is 5.91 Å². The number of aliphatic hydroxyl groups is 2. The van der Waals surface area contributed by atoms with E-state index in [-0.39, 0.29) is 12.0 Å². The summed E-state index contributed by atoms with van der Waals surface area (Å²) in [6.45, 7) is 0.625. The minimum absolute atomic E-state index is 0.139. The molecule has 2 fully saturated rings. The van der Waals surface area contributed by atoms with Crippen LogP contribution in [0.25, 0.3) is 0 Å². The molecule has 0 saturated heterocycles. The average Bonchev–Trinajstić information content (AvgIpc) is 3.20. The highest BCUT2D eigenvalue weighted by atomic mass is 79.9. The number of nitrogens with one attached hydrogen (secondary N) is 1. The SMILES string of the molecule is O=C(NCC1CC12CCC(O)CC2)C(O)c1cccc(Br)c1. The van der Waals surface area contributed by atoms with Crippen LogP contribution >= 0.6 is 15.9 Å². The van der Waals surface area contributed by atoms with Crippen LogP contribution in [0.5, 0.6) is 0 Å². The van der Waals surface area contributed by atoms with Crippen LogP contribution < -0.4 is 5.32 Å². The van der Waals surface area contributed by atoms with Crippen molar-refractivity contribution in [1.82, 2.24) is 5.32 Å². The predicted octanol–water partition coefficient (Wildman–Crippen LogP) is 2.54. The molecule has 2 aliphatic rings. The molecule has 5 heteroatoms. The lowest BCUT2D eigenvalue weighted by Gasteiger charge is -2.26. The molecule has 22 heavy (non-hydrogen) atoms. The fourth-order valence-electron chi connectivity index (χ4n) is 3.66. The van der Waals surface area contributed by atoms with Crippen LogP contribution in [0.15, 0.2) is 28.7 Å². The van der Waals surface area contributed by atoms with Crippen molar-refractivity contribution in [3.8, 4) is 0 Å². The van der Waals surface area contributed by atoms with Gasteiger partial charge in [-0.25, -0.2) is 0 Å². The monoisotopic (exact) mass is 367 g/mol. The highest BCUT2D eigenvalue weighted by molar-refractivity contribution is 9.10. The number of amides is 1. The zero-order chi connectivity index (χ0) is 15.7. The first-order chi connectivity index (χ1) is 10.5. The molecule has 1 amide bonds. The standard InChI is InChI=1S/C17H22BrNO3/c18-13-3-1-2-11(8-13)15(21)16(22)19-10-12-9-17(12)6-4-14(20)5-7-17/h1-3,8,12,14-15,20-21H,4-7,9-10H2,(H,19,22). The quantitative estimate of drug-likeness (QED) is 0.765. The van der Waals surface area contributed by atoms with Crippen molar-refractivity contribution in [3.05, 3.63) is 34.3 Å². The second-order valence-corrected chi connectivity index (χ2v) is 7.61. The van der Waals surface area contributed by atoms with E-state index in [1.165, 1.54) is 0 Å². The van der Waals surface area contributed by atoms with Gasteiger partial charge in [0.2, 0.25) is 0 Å². The van der Waals surface area contributed by atoms with Gasteiger partial charge in [0, 0.05) is 11.0 Å². The largest absolute Gasteiger partial charge is 0.393 e. The van der Waals surface area contributed by atoms with Crippen LogP contribution in [0.4, 0.5) is 0 Å². The molecule has 120 valence electrons. The fraction of sp³-hybridized carbons (Fsp3) is 0.588. The molecule has 1 aromatic rings. The number of rotatable bonds is 4. The third-order valence-corrected chi connectivity index (χ3v) is 5.74. The first-order valence-corrected chi connectivity index (χ1v) is 8.69. The third-order valence-electron chi connectivity index (χ3n) is 5.25. The summed E-state index contributed by atoms with van der Waals surface area (Å²) >= 11 is 3.34. The number of aliphatic hydroxyl groups excluding tert-OH is 2. The molecule has 4 nitrogen and oxygen atoms in total. The number of benzene rings is 1. The second kappa shape index (κ2) is 6.30. The number of hydrogen-bond acceptors (Lipinski definition) is 3. The molecule has 0 heterocycles. The van der Waals surface area contributed by atoms with Gasteiger partial charge in [-0.3, -0.25) is 4.79 Å². The van der Waals surface area contributed by atoms with Crippen LogP contribution in [0.1, 0.15) is 43.8 Å². The van der Waals surface area contributed by atoms with E-state index in [1.807, 2.05) is 6.07 Å². The Bertz CT molecular complexity index is 555. The topological polar surface area (TPSA) is 69.6 Å². The van der Waals surface area contributed by atoms with Crippen molar-refractivity contribution in [3.63, 3.8) is 0 Å². The minimum atomic E-state index is -1.12. The van der Waals surface area contributed by atoms with E-state index in [2.05, 4.69) is 21.2 Å². The molecule has 3 N–H and O–H groups in total. The lowest BCUT2D eigenvalue weighted by atomic mass is 9.83. The molecule has 2 saturated carbocycles. The molecule has 3 rings (SSSR count). The number of carbonyl (C=O) groups is 1. The maximum Gasteiger partial charge on any atom is 0.253 e. The van der Waals surface area contributed by atoms with Gasteiger partial charge in [0.15, 0.2) is 6.10 Å². The van der Waals surface area contributed by atoms with E-state index in [4.69, 9.17) is 0 Å². The summed E-state index contributed by atoms with van der Waals surface area (Å²) in [5.41, 5.74) is 0.936. The van der Waals surface area contributed by atoms with Crippen molar-refractivity contribution in [2.45, 2.75) is 44.3 Å². The summed E-state index contributed by atoms with van der Waals surface area (Å²) in [4.78, 5) is 12.1. The molecule has 1 aromatic carbocycles. The Labute approximate surface area is 139 Å². The summed E-state index contributed by atoms with van der Waals surface area (Å²) < 4.78 is 0.846. The van der Waals surface area contributed by atoms with E-state index in [0.29, 0.717) is 23.4 Å². The third kappa shape index (κ3) is 3.36. The van der Waals surface area contributed by atoms with Crippen LogP contribution in [0.2, 0.25) is 0 Å². The van der Waals surface area contributed by atoms with Crippen molar-refractivity contribution in [2.75, 3.05) is 6.54 Å². The van der Waals surface area contributed by atoms with Crippen LogP contribution in [0.3, 0.4) is 0 Å². The van der Waals surface area contributed by atoms with Crippen LogP contribution in [-0.4, -0.2) is 28.8 Å². The van der Waals surface area contributed by atoms with Gasteiger partial charge in [0.05, 0.1) is 6.10 Å². The van der Waals surface area contributed by atoms with Crippen LogP contribution in [-0.2, 0) is 4.79 Å². The molecule has 2 aliphatic carbocycles. The van der Waals surface area contributed by atoms with E-state index in [0.717, 1.165) is 36.6 Å². The Balaban J connectivity index is 1.49. The van der Waals surface area contributed by atoms with E-state index < -0.39 is 6.10 Å². The minimum Gasteiger partial charge on any atom is -0.393 e. The van der Waals surface area contributed by atoms with Gasteiger partial charge in [-0.15, -0.1) is 0 Å². The smallest absolute Gasteiger partial charge is 0.253 e. The molecular weight excluding hydrogens is 346 g/mol. The summed E-state index contributed by atoms with van der Waals surface area (Å²) in [7, 11) is 0. The van der Waals surface area contributed by atoms with Crippen molar-refractivity contribution < 1.29 is 15.0 Å². The van der Waals surface area contributed by atoms with Gasteiger partial charge < -0.3 is 15.5 Å². The maximum absolute atomic E-state index is 12.1. The number of halogens is 1. The number of hydrogen-bond donors (Lipinski definition) is 3. The predicted molar refractivity (Wildman–Crippen MR) is 87.1 cm³/mol. The molecule has 2 unspecified atom stereocenters. The van der Waals surface area contributed by atoms with Crippen LogP contribution in [0, 0.1) is 11.3 Å². The van der Waals surface area contributed by atoms with Gasteiger partial charge >= 0.3 is 0 Å². The zero-order valence-corrected chi connectivity index (χ0v) is 14.1. The lowest BCUT2D eigenvalue weighted by Crippen LogP contribution is -2.32. The van der Waals surface area contributed by atoms with Crippen molar-refractivity contribution >= 4 is 21.8 Å². The summed E-state index contributed by atoms with van der Waals surface area (Å²) in [5.74, 6) is 0.162. The van der Waals surface area contributed by atoms with Gasteiger partial charge in [0.1, 0.15) is 0 Å². The van der Waals surface area contributed by atoms with E-state index in [9.17, 15) is 15.0 Å². The first kappa shape index (κ1) is 16.0. The number of carbonyl (C=O) groups excluding carboxylic acids is 1. The molecule has 0 radical (unpaired) electrons. The Hall–Kier alpha value is -0.910. The lowest BCUT2D eigenvalue weighted by molar-refractivity contribution is -0.129. The molecule has 0 aromatic heterocycles. The molecular formula is C17H22BrNO3. The van der Waals surface area contributed by atoms with Gasteiger partial charge in [-0.2, -0.15) is 0 Å². The normalized spacial score (nSPS) is 31.8. The average molecular weight is 368 g/mol. The fourth-order valence-corrected chi connectivity index (χ4v) is 4.08. The molecule has 1 spiro atoms. The van der Waals surface area contributed by atoms with E-state index in [1.54, 1.807) is 18.2 Å². The summed E-state index contributed by atoms with van der Waals surface area (Å²) in [5, 5.41) is 22.6. The summed E-state index contributed by atoms with van der Waals surface area (Å²) in [6.07, 6.45) is 3.75. The Morgan fingerprint density at radius 2 is 2.14 bits per heavy atom. The zero-order valence-electron chi connectivity index (χ0n) is 12.5. The van der Waals surface area contributed by atoms with E-state index >= 15 is 0 Å². The summed E-state index contributed by atoms with van der Waals surface area (Å²) in [6, 6.07) is 7.17. The Morgan fingerprint density at radius 1 is 1.41 bits per heavy atom. The highest BCUT2D eigenvalue weighted by Crippen LogP contribution is 2.61. The van der Waals surface area contributed by atoms with Crippen molar-refractivity contribution in [1.29, 1.82) is 0 Å². The Morgan fingerprint density at radius 3 is 2.82 bits per heavy atom. The molecule has 2 atom stereocenters. The van der Waals surface area contributed by atoms with Crippen molar-refractivity contribution in [2.24, 2.45) is 11.3 Å². The maximum atomic E-state index is 12.1. The highest BCUT2D eigenvalue weighted by Gasteiger charge is 2.54. The first-order valence-electron chi connectivity index (χ1n) is 7.89. The van der Waals surface area contributed by atoms with Gasteiger partial charge in [-0.1, -0.05) is 28.1 Å². The molecule has 0 bridgehead atoms.